The summed E-state index contributed by atoms with van der Waals surface area (Å²) in [5.74, 6) is -0.201. The Bertz CT molecular complexity index is 266. The molecule has 0 unspecified atom stereocenters. The summed E-state index contributed by atoms with van der Waals surface area (Å²) < 4.78 is 5.26. The molecule has 0 radical (unpaired) electrons. The minimum Gasteiger partial charge on any atom is -0.457 e. The van der Waals surface area contributed by atoms with Crippen molar-refractivity contribution in [3.63, 3.8) is 0 Å². The van der Waals surface area contributed by atoms with E-state index in [-0.39, 0.29) is 5.97 Å². The Labute approximate surface area is 98.5 Å². The van der Waals surface area contributed by atoms with Crippen molar-refractivity contribution in [2.24, 2.45) is 0 Å². The first-order valence-electron chi connectivity index (χ1n) is 6.05. The summed E-state index contributed by atoms with van der Waals surface area (Å²) in [6.45, 7) is 11.1. The molecular weight excluding hydrogens is 202 g/mol. The van der Waals surface area contributed by atoms with Crippen molar-refractivity contribution in [1.82, 2.24) is 4.90 Å². The maximum Gasteiger partial charge on any atom is 0.331 e. The number of likely N-dealkylation sites (tertiary alicyclic amines) is 1. The minimum atomic E-state index is -0.391. The molecule has 0 aliphatic carbocycles. The van der Waals surface area contributed by atoms with Crippen LogP contribution in [0.25, 0.3) is 0 Å². The van der Waals surface area contributed by atoms with E-state index in [1.807, 2.05) is 20.8 Å². The van der Waals surface area contributed by atoms with E-state index < -0.39 is 5.60 Å². The van der Waals surface area contributed by atoms with Gasteiger partial charge in [0.2, 0.25) is 0 Å². The molecule has 1 heterocycles. The van der Waals surface area contributed by atoms with Gasteiger partial charge < -0.3 is 9.64 Å². The molecule has 0 N–H and O–H groups in total. The third kappa shape index (κ3) is 4.79. The first-order chi connectivity index (χ1) is 7.40. The fraction of sp³-hybridized carbons (Fsp3) is 0.769. The quantitative estimate of drug-likeness (QED) is 0.534. The van der Waals surface area contributed by atoms with Crippen molar-refractivity contribution in [1.29, 1.82) is 0 Å². The number of esters is 1. The summed E-state index contributed by atoms with van der Waals surface area (Å²) in [7, 11) is 0. The highest BCUT2D eigenvalue weighted by Crippen LogP contribution is 2.16. The molecule has 0 aromatic rings. The molecule has 1 aliphatic heterocycles. The molecule has 0 amide bonds. The molecule has 0 bridgehead atoms. The minimum absolute atomic E-state index is 0.201. The van der Waals surface area contributed by atoms with Crippen molar-refractivity contribution in [2.75, 3.05) is 19.6 Å². The van der Waals surface area contributed by atoms with Gasteiger partial charge in [0, 0.05) is 19.2 Å². The van der Waals surface area contributed by atoms with Crippen molar-refractivity contribution in [3.8, 4) is 0 Å². The van der Waals surface area contributed by atoms with Gasteiger partial charge in [-0.05, 0) is 40.2 Å². The smallest absolute Gasteiger partial charge is 0.331 e. The van der Waals surface area contributed by atoms with Gasteiger partial charge >= 0.3 is 5.97 Å². The Balaban J connectivity index is 2.43. The number of nitrogens with zero attached hydrogens (tertiary/aromatic N) is 1. The highest BCUT2D eigenvalue weighted by Gasteiger charge is 2.17. The molecule has 1 aliphatic rings. The first-order valence-corrected chi connectivity index (χ1v) is 6.05. The second kappa shape index (κ2) is 5.48. The molecule has 92 valence electrons. The predicted octanol–water partition coefficient (Wildman–Crippen LogP) is 2.37. The Morgan fingerprint density at radius 2 is 1.94 bits per heavy atom. The fourth-order valence-corrected chi connectivity index (χ4v) is 1.80. The number of carbonyl (C=O) groups excluding carboxylic acids is 1. The van der Waals surface area contributed by atoms with Gasteiger partial charge in [-0.15, -0.1) is 0 Å². The molecule has 1 rings (SSSR count). The second-order valence-electron chi connectivity index (χ2n) is 5.27. The summed E-state index contributed by atoms with van der Waals surface area (Å²) in [5, 5.41) is 0. The van der Waals surface area contributed by atoms with E-state index in [1.165, 1.54) is 5.57 Å². The van der Waals surface area contributed by atoms with Crippen LogP contribution < -0.4 is 0 Å². The van der Waals surface area contributed by atoms with Crippen LogP contribution in [0.15, 0.2) is 11.6 Å². The van der Waals surface area contributed by atoms with Gasteiger partial charge in [-0.1, -0.05) is 12.5 Å². The third-order valence-electron chi connectivity index (χ3n) is 2.67. The largest absolute Gasteiger partial charge is 0.457 e. The van der Waals surface area contributed by atoms with Crippen LogP contribution in [-0.2, 0) is 9.53 Å². The SMILES string of the molecule is CCN1CCC(=CC(=O)OC(C)(C)C)CC1. The van der Waals surface area contributed by atoms with Gasteiger partial charge in [0.1, 0.15) is 5.60 Å². The molecule has 3 heteroatoms. The summed E-state index contributed by atoms with van der Waals surface area (Å²) in [6, 6.07) is 0. The lowest BCUT2D eigenvalue weighted by Crippen LogP contribution is -2.30. The lowest BCUT2D eigenvalue weighted by Gasteiger charge is -2.27. The van der Waals surface area contributed by atoms with E-state index in [2.05, 4.69) is 11.8 Å². The van der Waals surface area contributed by atoms with Crippen molar-refractivity contribution in [2.45, 2.75) is 46.1 Å². The molecule has 3 nitrogen and oxygen atoms in total. The zero-order valence-electron chi connectivity index (χ0n) is 10.9. The topological polar surface area (TPSA) is 29.5 Å². The molecule has 0 aromatic carbocycles. The average molecular weight is 225 g/mol. The molecule has 1 fully saturated rings. The standard InChI is InChI=1S/C13H23NO2/c1-5-14-8-6-11(7-9-14)10-12(15)16-13(2,3)4/h10H,5-9H2,1-4H3. The zero-order valence-corrected chi connectivity index (χ0v) is 10.9. The number of hydrogen-bond donors (Lipinski definition) is 0. The van der Waals surface area contributed by atoms with Gasteiger partial charge in [-0.25, -0.2) is 4.79 Å². The summed E-state index contributed by atoms with van der Waals surface area (Å²) >= 11 is 0. The molecule has 0 aromatic heterocycles. The monoisotopic (exact) mass is 225 g/mol. The van der Waals surface area contributed by atoms with E-state index in [0.717, 1.165) is 32.5 Å². The zero-order chi connectivity index (χ0) is 12.2. The van der Waals surface area contributed by atoms with Crippen molar-refractivity contribution >= 4 is 5.97 Å². The highest BCUT2D eigenvalue weighted by molar-refractivity contribution is 5.83. The Morgan fingerprint density at radius 1 is 1.38 bits per heavy atom. The predicted molar refractivity (Wildman–Crippen MR) is 65.3 cm³/mol. The summed E-state index contributed by atoms with van der Waals surface area (Å²) in [5.41, 5.74) is 0.831. The second-order valence-corrected chi connectivity index (χ2v) is 5.27. The Kier molecular flexibility index (Phi) is 4.54. The maximum absolute atomic E-state index is 11.6. The van der Waals surface area contributed by atoms with Crippen LogP contribution >= 0.6 is 0 Å². The molecule has 16 heavy (non-hydrogen) atoms. The summed E-state index contributed by atoms with van der Waals surface area (Å²) in [6.07, 6.45) is 3.67. The normalized spacial score (nSPS) is 18.4. The van der Waals surface area contributed by atoms with E-state index in [0.29, 0.717) is 0 Å². The van der Waals surface area contributed by atoms with Crippen LogP contribution in [-0.4, -0.2) is 36.1 Å². The number of ether oxygens (including phenoxy) is 1. The van der Waals surface area contributed by atoms with Gasteiger partial charge in [0.15, 0.2) is 0 Å². The molecule has 0 atom stereocenters. The van der Waals surface area contributed by atoms with Crippen LogP contribution in [0, 0.1) is 0 Å². The molecule has 0 saturated carbocycles. The van der Waals surface area contributed by atoms with Crippen LogP contribution in [0.4, 0.5) is 0 Å². The molecule has 1 saturated heterocycles. The average Bonchev–Trinajstić information content (AvgIpc) is 2.16. The van der Waals surface area contributed by atoms with Crippen molar-refractivity contribution < 1.29 is 9.53 Å². The van der Waals surface area contributed by atoms with E-state index in [9.17, 15) is 4.79 Å². The first kappa shape index (κ1) is 13.2. The number of hydrogen-bond acceptors (Lipinski definition) is 3. The van der Waals surface area contributed by atoms with Crippen LogP contribution in [0.1, 0.15) is 40.5 Å². The van der Waals surface area contributed by atoms with E-state index >= 15 is 0 Å². The van der Waals surface area contributed by atoms with Gasteiger partial charge in [0.25, 0.3) is 0 Å². The fourth-order valence-electron chi connectivity index (χ4n) is 1.80. The van der Waals surface area contributed by atoms with Gasteiger partial charge in [-0.3, -0.25) is 0 Å². The van der Waals surface area contributed by atoms with Crippen LogP contribution in [0.3, 0.4) is 0 Å². The lowest BCUT2D eigenvalue weighted by atomic mass is 10.0. The number of rotatable bonds is 2. The number of carbonyl (C=O) groups is 1. The Hall–Kier alpha value is -0.830. The lowest BCUT2D eigenvalue weighted by molar-refractivity contribution is -0.148. The van der Waals surface area contributed by atoms with Crippen molar-refractivity contribution in [3.05, 3.63) is 11.6 Å². The summed E-state index contributed by atoms with van der Waals surface area (Å²) in [4.78, 5) is 14.0. The van der Waals surface area contributed by atoms with Crippen LogP contribution in [0.2, 0.25) is 0 Å². The third-order valence-corrected chi connectivity index (χ3v) is 2.67. The van der Waals surface area contributed by atoms with Gasteiger partial charge in [0.05, 0.1) is 0 Å². The van der Waals surface area contributed by atoms with E-state index in [4.69, 9.17) is 4.74 Å². The molecular formula is C13H23NO2. The Morgan fingerprint density at radius 3 is 2.38 bits per heavy atom. The van der Waals surface area contributed by atoms with Gasteiger partial charge in [-0.2, -0.15) is 0 Å². The maximum atomic E-state index is 11.6. The van der Waals surface area contributed by atoms with Crippen LogP contribution in [0.5, 0.6) is 0 Å². The molecule has 0 spiro atoms. The number of piperidine rings is 1. The van der Waals surface area contributed by atoms with E-state index in [1.54, 1.807) is 6.08 Å². The highest BCUT2D eigenvalue weighted by atomic mass is 16.6.